The van der Waals surface area contributed by atoms with Gasteiger partial charge in [0.25, 0.3) is 0 Å². The van der Waals surface area contributed by atoms with Gasteiger partial charge in [0.15, 0.2) is 0 Å². The minimum Gasteiger partial charge on any atom is -0.497 e. The second kappa shape index (κ2) is 5.71. The van der Waals surface area contributed by atoms with E-state index in [2.05, 4.69) is 22.4 Å². The van der Waals surface area contributed by atoms with Crippen molar-refractivity contribution in [2.24, 2.45) is 0 Å². The molecule has 1 aromatic carbocycles. The van der Waals surface area contributed by atoms with Crippen molar-refractivity contribution in [3.8, 4) is 5.75 Å². The summed E-state index contributed by atoms with van der Waals surface area (Å²) < 4.78 is 5.34. The van der Waals surface area contributed by atoms with Crippen molar-refractivity contribution in [1.82, 2.24) is 4.98 Å². The van der Waals surface area contributed by atoms with Crippen molar-refractivity contribution >= 4 is 17.3 Å². The van der Waals surface area contributed by atoms with Crippen LogP contribution in [0.5, 0.6) is 5.75 Å². The van der Waals surface area contributed by atoms with Gasteiger partial charge in [-0.1, -0.05) is 17.7 Å². The Morgan fingerprint density at radius 3 is 2.95 bits per heavy atom. The van der Waals surface area contributed by atoms with E-state index in [9.17, 15) is 0 Å². The highest BCUT2D eigenvalue weighted by molar-refractivity contribution is 6.29. The zero-order chi connectivity index (χ0) is 13.9. The fourth-order valence-corrected chi connectivity index (χ4v) is 2.83. The maximum absolute atomic E-state index is 5.82. The molecule has 1 heterocycles. The summed E-state index contributed by atoms with van der Waals surface area (Å²) >= 11 is 5.82. The fourth-order valence-electron chi connectivity index (χ4n) is 2.72. The maximum atomic E-state index is 5.82. The zero-order valence-electron chi connectivity index (χ0n) is 11.4. The lowest BCUT2D eigenvalue weighted by atomic mass is 9.87. The maximum Gasteiger partial charge on any atom is 0.129 e. The molecule has 3 rings (SSSR count). The molecule has 1 unspecified atom stereocenters. The Hall–Kier alpha value is -1.74. The minimum atomic E-state index is 0.303. The van der Waals surface area contributed by atoms with Crippen LogP contribution in [0.4, 0.5) is 5.69 Å². The summed E-state index contributed by atoms with van der Waals surface area (Å²) in [5.74, 6) is 0.909. The van der Waals surface area contributed by atoms with Crippen LogP contribution in [0.1, 0.15) is 30.0 Å². The number of ether oxygens (including phenoxy) is 1. The van der Waals surface area contributed by atoms with Crippen molar-refractivity contribution in [2.75, 3.05) is 12.4 Å². The molecule has 2 aromatic rings. The van der Waals surface area contributed by atoms with Crippen LogP contribution in [0, 0.1) is 0 Å². The third kappa shape index (κ3) is 2.73. The van der Waals surface area contributed by atoms with Crippen molar-refractivity contribution < 1.29 is 4.74 Å². The first-order chi connectivity index (χ1) is 9.76. The molecule has 0 spiro atoms. The lowest BCUT2D eigenvalue weighted by molar-refractivity contribution is 0.413. The van der Waals surface area contributed by atoms with E-state index in [1.807, 2.05) is 12.1 Å². The molecule has 0 saturated carbocycles. The van der Waals surface area contributed by atoms with Gasteiger partial charge in [0, 0.05) is 0 Å². The Labute approximate surface area is 123 Å². The Morgan fingerprint density at radius 2 is 2.20 bits per heavy atom. The summed E-state index contributed by atoms with van der Waals surface area (Å²) in [6, 6.07) is 10.4. The topological polar surface area (TPSA) is 34.1 Å². The van der Waals surface area contributed by atoms with Gasteiger partial charge in [-0.05, 0) is 54.7 Å². The van der Waals surface area contributed by atoms with Gasteiger partial charge < -0.3 is 10.1 Å². The van der Waals surface area contributed by atoms with Gasteiger partial charge in [-0.15, -0.1) is 0 Å². The van der Waals surface area contributed by atoms with Crippen molar-refractivity contribution in [1.29, 1.82) is 0 Å². The molecule has 0 amide bonds. The molecule has 1 N–H and O–H groups in total. The first-order valence-corrected chi connectivity index (χ1v) is 7.19. The van der Waals surface area contributed by atoms with Crippen LogP contribution in [0.2, 0.25) is 5.15 Å². The summed E-state index contributed by atoms with van der Waals surface area (Å²) in [4.78, 5) is 4.11. The van der Waals surface area contributed by atoms with Crippen molar-refractivity contribution in [3.63, 3.8) is 0 Å². The molecule has 104 valence electrons. The third-order valence-corrected chi connectivity index (χ3v) is 3.96. The number of anilines is 1. The van der Waals surface area contributed by atoms with E-state index in [0.29, 0.717) is 11.2 Å². The first kappa shape index (κ1) is 13.3. The van der Waals surface area contributed by atoms with E-state index in [4.69, 9.17) is 16.3 Å². The normalized spacial score (nSPS) is 17.4. The molecule has 1 aromatic heterocycles. The van der Waals surface area contributed by atoms with Crippen LogP contribution < -0.4 is 10.1 Å². The molecule has 1 atom stereocenters. The quantitative estimate of drug-likeness (QED) is 0.858. The molecule has 1 aliphatic rings. The Kier molecular flexibility index (Phi) is 3.79. The van der Waals surface area contributed by atoms with Crippen LogP contribution in [0.25, 0.3) is 0 Å². The molecule has 0 radical (unpaired) electrons. The predicted molar refractivity (Wildman–Crippen MR) is 81.5 cm³/mol. The number of benzene rings is 1. The molecule has 4 heteroatoms. The Morgan fingerprint density at radius 1 is 1.30 bits per heavy atom. The second-order valence-corrected chi connectivity index (χ2v) is 5.41. The molecule has 0 fully saturated rings. The molecule has 1 aliphatic carbocycles. The van der Waals surface area contributed by atoms with Gasteiger partial charge in [0.2, 0.25) is 0 Å². The smallest absolute Gasteiger partial charge is 0.129 e. The summed E-state index contributed by atoms with van der Waals surface area (Å²) in [7, 11) is 1.70. The number of nitrogens with one attached hydrogen (secondary N) is 1. The lowest BCUT2D eigenvalue weighted by Gasteiger charge is -2.27. The number of pyridine rings is 1. The number of methoxy groups -OCH3 is 1. The zero-order valence-corrected chi connectivity index (χ0v) is 12.2. The number of hydrogen-bond donors (Lipinski definition) is 1. The van der Waals surface area contributed by atoms with Crippen molar-refractivity contribution in [2.45, 2.75) is 25.3 Å². The van der Waals surface area contributed by atoms with E-state index in [0.717, 1.165) is 24.3 Å². The van der Waals surface area contributed by atoms with Gasteiger partial charge in [-0.25, -0.2) is 4.98 Å². The Bertz CT molecular complexity index is 598. The first-order valence-electron chi connectivity index (χ1n) is 6.81. The lowest BCUT2D eigenvalue weighted by Crippen LogP contribution is -2.17. The Balaban J connectivity index is 1.87. The van der Waals surface area contributed by atoms with Gasteiger partial charge in [-0.2, -0.15) is 0 Å². The highest BCUT2D eigenvalue weighted by atomic mass is 35.5. The van der Waals surface area contributed by atoms with Gasteiger partial charge >= 0.3 is 0 Å². The largest absolute Gasteiger partial charge is 0.497 e. The van der Waals surface area contributed by atoms with E-state index >= 15 is 0 Å². The minimum absolute atomic E-state index is 0.303. The van der Waals surface area contributed by atoms with Gasteiger partial charge in [0.1, 0.15) is 10.9 Å². The molecule has 20 heavy (non-hydrogen) atoms. The number of nitrogens with zero attached hydrogens (tertiary/aromatic N) is 1. The molecular weight excluding hydrogens is 272 g/mol. The second-order valence-electron chi connectivity index (χ2n) is 5.02. The summed E-state index contributed by atoms with van der Waals surface area (Å²) in [5.41, 5.74) is 3.72. The number of aromatic nitrogens is 1. The SMILES string of the molecule is COc1ccc2c(c1)C(Nc1ccc(Cl)nc1)CCC2. The van der Waals surface area contributed by atoms with E-state index < -0.39 is 0 Å². The summed E-state index contributed by atoms with van der Waals surface area (Å²) in [5, 5.41) is 4.05. The van der Waals surface area contributed by atoms with Gasteiger partial charge in [0.05, 0.1) is 25.0 Å². The van der Waals surface area contributed by atoms with Crippen LogP contribution in [0.15, 0.2) is 36.5 Å². The predicted octanol–water partition coefficient (Wildman–Crippen LogP) is 4.23. The molecule has 0 aliphatic heterocycles. The van der Waals surface area contributed by atoms with Crippen molar-refractivity contribution in [3.05, 3.63) is 52.8 Å². The molecule has 0 saturated heterocycles. The average Bonchev–Trinajstić information content (AvgIpc) is 2.49. The highest BCUT2D eigenvalue weighted by Gasteiger charge is 2.20. The van der Waals surface area contributed by atoms with Crippen LogP contribution in [-0.4, -0.2) is 12.1 Å². The summed E-state index contributed by atoms with van der Waals surface area (Å²) in [6.45, 7) is 0. The number of aryl methyl sites for hydroxylation is 1. The molecule has 0 bridgehead atoms. The highest BCUT2D eigenvalue weighted by Crippen LogP contribution is 2.34. The van der Waals surface area contributed by atoms with Crippen LogP contribution in [-0.2, 0) is 6.42 Å². The molecule has 3 nitrogen and oxygen atoms in total. The molecular formula is C16H17ClN2O. The van der Waals surface area contributed by atoms with E-state index in [1.54, 1.807) is 19.4 Å². The number of hydrogen-bond acceptors (Lipinski definition) is 3. The number of halogens is 1. The van der Waals surface area contributed by atoms with Gasteiger partial charge in [-0.3, -0.25) is 0 Å². The fraction of sp³-hybridized carbons (Fsp3) is 0.312. The average molecular weight is 289 g/mol. The monoisotopic (exact) mass is 288 g/mol. The number of rotatable bonds is 3. The summed E-state index contributed by atoms with van der Waals surface area (Å²) in [6.07, 6.45) is 5.22. The third-order valence-electron chi connectivity index (χ3n) is 3.74. The van der Waals surface area contributed by atoms with Crippen LogP contribution in [0.3, 0.4) is 0 Å². The van der Waals surface area contributed by atoms with Crippen LogP contribution >= 0.6 is 11.6 Å². The van der Waals surface area contributed by atoms with E-state index in [1.165, 1.54) is 17.5 Å². The number of fused-ring (bicyclic) bond motifs is 1. The van der Waals surface area contributed by atoms with E-state index in [-0.39, 0.29) is 0 Å². The standard InChI is InChI=1S/C16H17ClN2O/c1-20-13-7-5-11-3-2-4-15(14(11)9-13)19-12-6-8-16(17)18-10-12/h5-10,15,19H,2-4H2,1H3.